The van der Waals surface area contributed by atoms with Crippen molar-refractivity contribution in [2.24, 2.45) is 7.05 Å². The number of methoxy groups -OCH3 is 1. The Labute approximate surface area is 263 Å². The highest BCUT2D eigenvalue weighted by Gasteiger charge is 2.19. The molecule has 2 N–H and O–H groups in total. The molecule has 0 radical (unpaired) electrons. The van der Waals surface area contributed by atoms with Gasteiger partial charge in [0.15, 0.2) is 0 Å². The number of fused-ring (bicyclic) bond motifs is 1. The summed E-state index contributed by atoms with van der Waals surface area (Å²) >= 11 is 0. The standard InChI is InChI=1S/C35H36N8O2/c1-41(2)17-18-42(3)32-21-33(45-5)30(20-29(32)38-34(44)25(22-36)19-24-11-7-6-8-12-24)40-35-37-16-15-28(39-35)27-23-43(4)31-14-10-9-13-26(27)31/h6-16,19-21,23H,17-18H2,1-5H3,(H,38,44)(H,37,39,40). The van der Waals surface area contributed by atoms with Gasteiger partial charge < -0.3 is 29.7 Å². The molecule has 1 amide bonds. The number of amides is 1. The number of hydrogen-bond donors (Lipinski definition) is 2. The molecule has 0 spiro atoms. The summed E-state index contributed by atoms with van der Waals surface area (Å²) in [6.45, 7) is 1.48. The van der Waals surface area contributed by atoms with Crippen molar-refractivity contribution in [2.45, 2.75) is 0 Å². The molecule has 5 rings (SSSR count). The predicted octanol–water partition coefficient (Wildman–Crippen LogP) is 5.93. The zero-order chi connectivity index (χ0) is 31.9. The fraction of sp³-hybridized carbons (Fsp3) is 0.200. The number of hydrogen-bond acceptors (Lipinski definition) is 8. The van der Waals surface area contributed by atoms with Crippen LogP contribution in [0.15, 0.2) is 90.8 Å². The highest BCUT2D eigenvalue weighted by molar-refractivity contribution is 6.11. The summed E-state index contributed by atoms with van der Waals surface area (Å²) < 4.78 is 7.86. The van der Waals surface area contributed by atoms with Gasteiger partial charge in [-0.1, -0.05) is 48.5 Å². The molecule has 0 unspecified atom stereocenters. The highest BCUT2D eigenvalue weighted by Crippen LogP contribution is 2.38. The zero-order valence-electron chi connectivity index (χ0n) is 26.1. The van der Waals surface area contributed by atoms with Gasteiger partial charge in [0.2, 0.25) is 5.95 Å². The third kappa shape index (κ3) is 7.12. The van der Waals surface area contributed by atoms with Crippen LogP contribution in [0.4, 0.5) is 23.0 Å². The van der Waals surface area contributed by atoms with Crippen molar-refractivity contribution in [3.63, 3.8) is 0 Å². The maximum Gasteiger partial charge on any atom is 0.266 e. The molecule has 10 nitrogen and oxygen atoms in total. The average Bonchev–Trinajstić information content (AvgIpc) is 3.39. The Hall–Kier alpha value is -5.66. The Morgan fingerprint density at radius 2 is 1.78 bits per heavy atom. The molecule has 0 fully saturated rings. The van der Waals surface area contributed by atoms with Crippen LogP contribution in [0.2, 0.25) is 0 Å². The van der Waals surface area contributed by atoms with Crippen molar-refractivity contribution in [1.82, 2.24) is 19.4 Å². The number of nitrogens with zero attached hydrogens (tertiary/aromatic N) is 6. The molecule has 0 aliphatic carbocycles. The first kappa shape index (κ1) is 30.8. The summed E-state index contributed by atoms with van der Waals surface area (Å²) in [4.78, 5) is 26.8. The average molecular weight is 601 g/mol. The van der Waals surface area contributed by atoms with E-state index in [0.717, 1.165) is 40.0 Å². The number of aryl methyl sites for hydroxylation is 1. The molecule has 0 saturated carbocycles. The molecule has 10 heteroatoms. The van der Waals surface area contributed by atoms with Crippen LogP contribution >= 0.6 is 0 Å². The third-order valence-corrected chi connectivity index (χ3v) is 7.41. The Kier molecular flexibility index (Phi) is 9.41. The summed E-state index contributed by atoms with van der Waals surface area (Å²) in [6.07, 6.45) is 5.33. The van der Waals surface area contributed by atoms with Crippen molar-refractivity contribution in [2.75, 3.05) is 56.9 Å². The molecule has 3 aromatic carbocycles. The van der Waals surface area contributed by atoms with Crippen LogP contribution in [0.25, 0.3) is 28.2 Å². The monoisotopic (exact) mass is 600 g/mol. The molecule has 0 saturated heterocycles. The quantitative estimate of drug-likeness (QED) is 0.142. The van der Waals surface area contributed by atoms with Gasteiger partial charge >= 0.3 is 0 Å². The van der Waals surface area contributed by atoms with E-state index in [1.165, 1.54) is 0 Å². The maximum atomic E-state index is 13.4. The van der Waals surface area contributed by atoms with Crippen LogP contribution in [0, 0.1) is 11.3 Å². The van der Waals surface area contributed by atoms with E-state index in [1.54, 1.807) is 25.4 Å². The van der Waals surface area contributed by atoms with E-state index < -0.39 is 5.91 Å². The Morgan fingerprint density at radius 3 is 2.51 bits per heavy atom. The largest absolute Gasteiger partial charge is 0.494 e. The fourth-order valence-corrected chi connectivity index (χ4v) is 5.01. The van der Waals surface area contributed by atoms with Crippen molar-refractivity contribution in [1.29, 1.82) is 5.26 Å². The molecule has 0 aliphatic rings. The minimum absolute atomic E-state index is 0.0143. The van der Waals surface area contributed by atoms with Crippen LogP contribution in [0.1, 0.15) is 5.56 Å². The van der Waals surface area contributed by atoms with Crippen LogP contribution in [0.3, 0.4) is 0 Å². The molecule has 0 aliphatic heterocycles. The second-order valence-corrected chi connectivity index (χ2v) is 10.9. The number of carbonyl (C=O) groups excluding carboxylic acids is 1. The van der Waals surface area contributed by atoms with E-state index in [0.29, 0.717) is 29.6 Å². The van der Waals surface area contributed by atoms with E-state index in [1.807, 2.05) is 93.8 Å². The van der Waals surface area contributed by atoms with Crippen molar-refractivity contribution in [3.8, 4) is 23.1 Å². The van der Waals surface area contributed by atoms with E-state index in [2.05, 4.69) is 43.4 Å². The third-order valence-electron chi connectivity index (χ3n) is 7.41. The zero-order valence-corrected chi connectivity index (χ0v) is 26.1. The van der Waals surface area contributed by atoms with Gasteiger partial charge in [0.25, 0.3) is 5.91 Å². The first-order valence-electron chi connectivity index (χ1n) is 14.5. The number of rotatable bonds is 11. The minimum atomic E-state index is -0.520. The van der Waals surface area contributed by atoms with Gasteiger partial charge in [0, 0.05) is 62.1 Å². The van der Waals surface area contributed by atoms with Gasteiger partial charge in [-0.15, -0.1) is 0 Å². The number of benzene rings is 3. The lowest BCUT2D eigenvalue weighted by atomic mass is 10.1. The summed E-state index contributed by atoms with van der Waals surface area (Å²) in [5.41, 5.74) is 5.39. The Balaban J connectivity index is 1.51. The second-order valence-electron chi connectivity index (χ2n) is 10.9. The number of nitriles is 1. The Morgan fingerprint density at radius 1 is 1.02 bits per heavy atom. The number of aromatic nitrogens is 3. The lowest BCUT2D eigenvalue weighted by Crippen LogP contribution is -2.29. The summed E-state index contributed by atoms with van der Waals surface area (Å²) in [7, 11) is 9.56. The number of anilines is 4. The Bertz CT molecular complexity index is 1890. The molecule has 0 atom stereocenters. The lowest BCUT2D eigenvalue weighted by Gasteiger charge is -2.26. The van der Waals surface area contributed by atoms with Gasteiger partial charge in [-0.2, -0.15) is 5.26 Å². The topological polar surface area (TPSA) is 111 Å². The first-order valence-corrected chi connectivity index (χ1v) is 14.5. The predicted molar refractivity (Wildman–Crippen MR) is 181 cm³/mol. The van der Waals surface area contributed by atoms with E-state index in [-0.39, 0.29) is 5.57 Å². The second kappa shape index (κ2) is 13.8. The molecule has 0 bridgehead atoms. The number of likely N-dealkylation sites (N-methyl/N-ethyl adjacent to an activating group) is 2. The maximum absolute atomic E-state index is 13.4. The SMILES string of the molecule is COc1cc(N(C)CCN(C)C)c(NC(=O)C(C#N)=Cc2ccccc2)cc1Nc1nccc(-c2cn(C)c3ccccc23)n1. The summed E-state index contributed by atoms with van der Waals surface area (Å²) in [5, 5.41) is 17.2. The molecule has 228 valence electrons. The summed E-state index contributed by atoms with van der Waals surface area (Å²) in [5.74, 6) is 0.388. The van der Waals surface area contributed by atoms with Gasteiger partial charge in [-0.05, 0) is 43.9 Å². The molecule has 2 heterocycles. The van der Waals surface area contributed by atoms with Crippen LogP contribution in [-0.2, 0) is 11.8 Å². The molecular formula is C35H36N8O2. The normalized spacial score (nSPS) is 11.4. The first-order chi connectivity index (χ1) is 21.8. The van der Waals surface area contributed by atoms with Gasteiger partial charge in [-0.25, -0.2) is 9.97 Å². The van der Waals surface area contributed by atoms with Crippen LogP contribution in [-0.4, -0.2) is 66.7 Å². The minimum Gasteiger partial charge on any atom is -0.494 e. The molecule has 2 aromatic heterocycles. The van der Waals surface area contributed by atoms with Gasteiger partial charge in [0.1, 0.15) is 17.4 Å². The van der Waals surface area contributed by atoms with E-state index in [4.69, 9.17) is 9.72 Å². The van der Waals surface area contributed by atoms with Crippen LogP contribution < -0.4 is 20.3 Å². The highest BCUT2D eigenvalue weighted by atomic mass is 16.5. The number of carbonyl (C=O) groups is 1. The number of para-hydroxylation sites is 1. The van der Waals surface area contributed by atoms with Gasteiger partial charge in [0.05, 0.1) is 29.9 Å². The van der Waals surface area contributed by atoms with Crippen molar-refractivity contribution in [3.05, 3.63) is 96.3 Å². The fourth-order valence-electron chi connectivity index (χ4n) is 5.01. The van der Waals surface area contributed by atoms with Crippen molar-refractivity contribution < 1.29 is 9.53 Å². The molecule has 5 aromatic rings. The van der Waals surface area contributed by atoms with Gasteiger partial charge in [-0.3, -0.25) is 4.79 Å². The number of ether oxygens (including phenoxy) is 1. The van der Waals surface area contributed by atoms with Crippen molar-refractivity contribution >= 4 is 45.9 Å². The smallest absolute Gasteiger partial charge is 0.266 e. The van der Waals surface area contributed by atoms with E-state index >= 15 is 0 Å². The lowest BCUT2D eigenvalue weighted by molar-refractivity contribution is -0.112. The van der Waals surface area contributed by atoms with E-state index in [9.17, 15) is 10.1 Å². The summed E-state index contributed by atoms with van der Waals surface area (Å²) in [6, 6.07) is 25.0. The molecular weight excluding hydrogens is 564 g/mol. The van der Waals surface area contributed by atoms with Crippen LogP contribution in [0.5, 0.6) is 5.75 Å². The molecule has 45 heavy (non-hydrogen) atoms. The number of nitrogens with one attached hydrogen (secondary N) is 2.